The van der Waals surface area contributed by atoms with Crippen molar-refractivity contribution in [2.45, 2.75) is 19.9 Å². The maximum Gasteiger partial charge on any atom is 0.320 e. The van der Waals surface area contributed by atoms with Crippen LogP contribution in [0.15, 0.2) is 0 Å². The minimum atomic E-state index is -0.845. The molecule has 1 aliphatic heterocycles. The van der Waals surface area contributed by atoms with Gasteiger partial charge in [-0.2, -0.15) is 5.10 Å². The number of urea groups is 1. The van der Waals surface area contributed by atoms with Gasteiger partial charge in [-0.05, 0) is 13.3 Å². The molecule has 0 aromatic carbocycles. The van der Waals surface area contributed by atoms with E-state index in [-0.39, 0.29) is 12.6 Å². The zero-order valence-corrected chi connectivity index (χ0v) is 11.0. The molecule has 1 saturated heterocycles. The predicted octanol–water partition coefficient (Wildman–Crippen LogP) is 0.0714. The molecule has 2 amide bonds. The normalized spacial score (nSPS) is 18.6. The van der Waals surface area contributed by atoms with Crippen molar-refractivity contribution in [2.24, 2.45) is 5.92 Å². The van der Waals surface area contributed by atoms with Crippen molar-refractivity contribution in [1.82, 2.24) is 25.0 Å². The number of aromatic amines is 1. The molecule has 1 fully saturated rings. The van der Waals surface area contributed by atoms with Crippen LogP contribution in [0.2, 0.25) is 0 Å². The highest BCUT2D eigenvalue weighted by Gasteiger charge is 2.32. The van der Waals surface area contributed by atoms with E-state index in [0.717, 1.165) is 0 Å². The van der Waals surface area contributed by atoms with Gasteiger partial charge in [0.1, 0.15) is 5.82 Å². The Hall–Kier alpha value is -2.12. The second kappa shape index (κ2) is 5.25. The number of likely N-dealkylation sites (tertiary alicyclic amines) is 1. The third-order valence-electron chi connectivity index (χ3n) is 3.16. The number of carboxylic acid groups (broad SMARTS) is 1. The predicted molar refractivity (Wildman–Crippen MR) is 65.3 cm³/mol. The summed E-state index contributed by atoms with van der Waals surface area (Å²) in [4.78, 5) is 30.2. The Morgan fingerprint density at radius 2 is 2.32 bits per heavy atom. The molecule has 2 N–H and O–H groups in total. The lowest BCUT2D eigenvalue weighted by atomic mass is 10.1. The Kier molecular flexibility index (Phi) is 3.68. The van der Waals surface area contributed by atoms with Gasteiger partial charge in [0.25, 0.3) is 0 Å². The summed E-state index contributed by atoms with van der Waals surface area (Å²) >= 11 is 0. The van der Waals surface area contributed by atoms with Crippen molar-refractivity contribution in [2.75, 3.05) is 20.1 Å². The Balaban J connectivity index is 1.91. The number of rotatable bonds is 3. The number of carboxylic acids is 1. The largest absolute Gasteiger partial charge is 0.481 e. The van der Waals surface area contributed by atoms with Gasteiger partial charge in [0, 0.05) is 20.1 Å². The minimum Gasteiger partial charge on any atom is -0.481 e. The summed E-state index contributed by atoms with van der Waals surface area (Å²) in [6.45, 7) is 2.84. The topological polar surface area (TPSA) is 102 Å². The van der Waals surface area contributed by atoms with Crippen molar-refractivity contribution in [3.05, 3.63) is 11.6 Å². The number of carbonyl (C=O) groups excluding carboxylic acids is 1. The molecule has 8 heteroatoms. The SMILES string of the molecule is Cc1nc(CN(C)C(=O)N2CCC(C(=O)O)C2)n[nH]1. The summed E-state index contributed by atoms with van der Waals surface area (Å²) < 4.78 is 0. The van der Waals surface area contributed by atoms with E-state index in [1.54, 1.807) is 18.9 Å². The third kappa shape index (κ3) is 3.01. The molecule has 2 heterocycles. The standard InChI is InChI=1S/C11H17N5O3/c1-7-12-9(14-13-7)6-15(2)11(19)16-4-3-8(5-16)10(17)18/h8H,3-6H2,1-2H3,(H,17,18)(H,12,13,14). The molecule has 1 atom stereocenters. The lowest BCUT2D eigenvalue weighted by molar-refractivity contribution is -0.141. The highest BCUT2D eigenvalue weighted by molar-refractivity contribution is 5.77. The highest BCUT2D eigenvalue weighted by Crippen LogP contribution is 2.17. The number of nitrogens with one attached hydrogen (secondary N) is 1. The molecule has 8 nitrogen and oxygen atoms in total. The van der Waals surface area contributed by atoms with Crippen LogP contribution in [0.4, 0.5) is 4.79 Å². The first-order chi connectivity index (χ1) is 8.97. The third-order valence-corrected chi connectivity index (χ3v) is 3.16. The number of aryl methyl sites for hydroxylation is 1. The molecule has 1 aliphatic rings. The zero-order chi connectivity index (χ0) is 14.0. The lowest BCUT2D eigenvalue weighted by Crippen LogP contribution is -2.40. The van der Waals surface area contributed by atoms with Crippen molar-refractivity contribution in [3.63, 3.8) is 0 Å². The molecule has 0 bridgehead atoms. The van der Waals surface area contributed by atoms with Gasteiger partial charge < -0.3 is 14.9 Å². The molecule has 0 radical (unpaired) electrons. The number of aliphatic carboxylic acids is 1. The van der Waals surface area contributed by atoms with E-state index in [4.69, 9.17) is 5.11 Å². The Bertz CT molecular complexity index is 486. The lowest BCUT2D eigenvalue weighted by Gasteiger charge is -2.23. The summed E-state index contributed by atoms with van der Waals surface area (Å²) in [7, 11) is 1.65. The van der Waals surface area contributed by atoms with Gasteiger partial charge in [-0.1, -0.05) is 0 Å². The first-order valence-corrected chi connectivity index (χ1v) is 6.08. The van der Waals surface area contributed by atoms with Gasteiger partial charge in [-0.25, -0.2) is 9.78 Å². The Labute approximate surface area is 110 Å². The second-order valence-electron chi connectivity index (χ2n) is 4.75. The maximum absolute atomic E-state index is 12.1. The van der Waals surface area contributed by atoms with E-state index in [1.807, 2.05) is 0 Å². The number of carbonyl (C=O) groups is 2. The van der Waals surface area contributed by atoms with E-state index in [1.165, 1.54) is 4.90 Å². The molecule has 19 heavy (non-hydrogen) atoms. The van der Waals surface area contributed by atoms with E-state index in [0.29, 0.717) is 31.2 Å². The number of hydrogen-bond acceptors (Lipinski definition) is 4. The summed E-state index contributed by atoms with van der Waals surface area (Å²) in [6, 6.07) is -0.189. The summed E-state index contributed by atoms with van der Waals surface area (Å²) in [5.41, 5.74) is 0. The van der Waals surface area contributed by atoms with Crippen molar-refractivity contribution in [1.29, 1.82) is 0 Å². The Morgan fingerprint density at radius 1 is 1.58 bits per heavy atom. The Morgan fingerprint density at radius 3 is 2.84 bits per heavy atom. The monoisotopic (exact) mass is 267 g/mol. The van der Waals surface area contributed by atoms with Crippen LogP contribution in [-0.4, -0.2) is 62.2 Å². The fraction of sp³-hybridized carbons (Fsp3) is 0.636. The van der Waals surface area contributed by atoms with Crippen LogP contribution in [0, 0.1) is 12.8 Å². The first kappa shape index (κ1) is 13.3. The second-order valence-corrected chi connectivity index (χ2v) is 4.75. The van der Waals surface area contributed by atoms with Crippen LogP contribution < -0.4 is 0 Å². The van der Waals surface area contributed by atoms with Gasteiger partial charge in [0.2, 0.25) is 0 Å². The number of hydrogen-bond donors (Lipinski definition) is 2. The maximum atomic E-state index is 12.1. The molecule has 1 unspecified atom stereocenters. The van der Waals surface area contributed by atoms with Crippen LogP contribution in [-0.2, 0) is 11.3 Å². The number of aromatic nitrogens is 3. The molecule has 2 rings (SSSR count). The summed E-state index contributed by atoms with van der Waals surface area (Å²) in [6.07, 6.45) is 0.509. The number of amides is 2. The smallest absolute Gasteiger partial charge is 0.320 e. The minimum absolute atomic E-state index is 0.189. The van der Waals surface area contributed by atoms with Crippen LogP contribution in [0.3, 0.4) is 0 Å². The van der Waals surface area contributed by atoms with Crippen LogP contribution in [0.1, 0.15) is 18.1 Å². The quantitative estimate of drug-likeness (QED) is 0.806. The van der Waals surface area contributed by atoms with Crippen molar-refractivity contribution in [3.8, 4) is 0 Å². The molecule has 0 saturated carbocycles. The van der Waals surface area contributed by atoms with Crippen molar-refractivity contribution < 1.29 is 14.7 Å². The van der Waals surface area contributed by atoms with E-state index in [2.05, 4.69) is 15.2 Å². The van der Waals surface area contributed by atoms with E-state index >= 15 is 0 Å². The van der Waals surface area contributed by atoms with E-state index < -0.39 is 11.9 Å². The fourth-order valence-corrected chi connectivity index (χ4v) is 2.12. The van der Waals surface area contributed by atoms with Gasteiger partial charge >= 0.3 is 12.0 Å². The molecule has 0 spiro atoms. The van der Waals surface area contributed by atoms with Gasteiger partial charge in [-0.15, -0.1) is 0 Å². The highest BCUT2D eigenvalue weighted by atomic mass is 16.4. The number of nitrogens with zero attached hydrogens (tertiary/aromatic N) is 4. The fourth-order valence-electron chi connectivity index (χ4n) is 2.12. The molecular weight excluding hydrogens is 250 g/mol. The van der Waals surface area contributed by atoms with Crippen LogP contribution in [0.25, 0.3) is 0 Å². The summed E-state index contributed by atoms with van der Waals surface area (Å²) in [5, 5.41) is 15.6. The average molecular weight is 267 g/mol. The molecule has 1 aromatic heterocycles. The van der Waals surface area contributed by atoms with E-state index in [9.17, 15) is 9.59 Å². The first-order valence-electron chi connectivity index (χ1n) is 6.08. The number of H-pyrrole nitrogens is 1. The van der Waals surface area contributed by atoms with Crippen molar-refractivity contribution >= 4 is 12.0 Å². The van der Waals surface area contributed by atoms with Crippen LogP contribution in [0.5, 0.6) is 0 Å². The van der Waals surface area contributed by atoms with Gasteiger partial charge in [-0.3, -0.25) is 9.89 Å². The molecular formula is C11H17N5O3. The zero-order valence-electron chi connectivity index (χ0n) is 11.0. The summed E-state index contributed by atoms with van der Waals surface area (Å²) in [5.74, 6) is -0.0593. The van der Waals surface area contributed by atoms with Crippen LogP contribution >= 0.6 is 0 Å². The van der Waals surface area contributed by atoms with Gasteiger partial charge in [0.15, 0.2) is 5.82 Å². The average Bonchev–Trinajstić information content (AvgIpc) is 2.97. The molecule has 104 valence electrons. The van der Waals surface area contributed by atoms with Gasteiger partial charge in [0.05, 0.1) is 12.5 Å². The molecule has 1 aromatic rings. The molecule has 0 aliphatic carbocycles.